The van der Waals surface area contributed by atoms with E-state index in [-0.39, 0.29) is 28.2 Å². The van der Waals surface area contributed by atoms with Gasteiger partial charge in [-0.3, -0.25) is 14.4 Å². The lowest BCUT2D eigenvalue weighted by molar-refractivity contribution is -0.320. The van der Waals surface area contributed by atoms with Crippen LogP contribution < -0.4 is 19.6 Å². The lowest BCUT2D eigenvalue weighted by Crippen LogP contribution is -2.62. The van der Waals surface area contributed by atoms with Gasteiger partial charge in [-0.1, -0.05) is 0 Å². The molecular weight excluding hydrogens is 668 g/mol. The van der Waals surface area contributed by atoms with E-state index in [2.05, 4.69) is 0 Å². The highest BCUT2D eigenvalue weighted by Gasteiger charge is 2.50. The Morgan fingerprint density at radius 1 is 0.820 bits per heavy atom. The summed E-state index contributed by atoms with van der Waals surface area (Å²) < 4.78 is 49.8. The molecule has 3 aromatic rings. The van der Waals surface area contributed by atoms with Gasteiger partial charge in [0.2, 0.25) is 12.0 Å². The summed E-state index contributed by atoms with van der Waals surface area (Å²) in [5.41, 5.74) is -0.192. The first kappa shape index (κ1) is 36.8. The molecule has 17 heteroatoms. The van der Waals surface area contributed by atoms with Crippen molar-refractivity contribution in [3.8, 4) is 34.3 Å². The van der Waals surface area contributed by atoms with Crippen LogP contribution in [0.25, 0.3) is 22.3 Å². The smallest absolute Gasteiger partial charge is 0.303 e. The Hall–Kier alpha value is -4.49. The zero-order chi connectivity index (χ0) is 36.4. The minimum absolute atomic E-state index is 0.118. The molecule has 0 radical (unpaired) electrons. The predicted molar refractivity (Wildman–Crippen MR) is 167 cm³/mol. The maximum absolute atomic E-state index is 13.1. The van der Waals surface area contributed by atoms with E-state index in [4.69, 9.17) is 42.3 Å². The second-order valence-electron chi connectivity index (χ2n) is 11.6. The van der Waals surface area contributed by atoms with E-state index in [1.54, 1.807) is 24.3 Å². The molecule has 1 aromatic heterocycles. The molecule has 2 aromatic carbocycles. The topological polar surface area (TPSA) is 239 Å². The largest absolute Gasteiger partial charge is 0.504 e. The second-order valence-corrected chi connectivity index (χ2v) is 11.6. The summed E-state index contributed by atoms with van der Waals surface area (Å²) in [6, 6.07) is 9.08. The third-order valence-electron chi connectivity index (χ3n) is 8.18. The van der Waals surface area contributed by atoms with Crippen molar-refractivity contribution in [1.29, 1.82) is 0 Å². The Morgan fingerprint density at radius 3 is 2.10 bits per heavy atom. The molecule has 0 aliphatic carbocycles. The zero-order valence-corrected chi connectivity index (χ0v) is 27.6. The van der Waals surface area contributed by atoms with Crippen LogP contribution in [-0.4, -0.2) is 120 Å². The lowest BCUT2D eigenvalue weighted by atomic mass is 9.98. The molecule has 3 heterocycles. The second kappa shape index (κ2) is 15.2. The van der Waals surface area contributed by atoms with Crippen molar-refractivity contribution < 1.29 is 77.4 Å². The average Bonchev–Trinajstić information content (AvgIpc) is 3.07. The number of phenols is 1. The van der Waals surface area contributed by atoms with Crippen LogP contribution in [0.5, 0.6) is 23.0 Å². The minimum atomic E-state index is -1.85. The molecule has 2 aliphatic rings. The number of aromatic hydroxyl groups is 1. The van der Waals surface area contributed by atoms with Crippen LogP contribution in [0.15, 0.2) is 45.6 Å². The first-order valence-corrected chi connectivity index (χ1v) is 15.4. The fraction of sp³-hybridized carbons (Fsp3) is 0.485. The maximum atomic E-state index is 13.1. The van der Waals surface area contributed by atoms with E-state index in [9.17, 15) is 39.9 Å². The van der Waals surface area contributed by atoms with Gasteiger partial charge >= 0.3 is 11.9 Å². The Morgan fingerprint density at radius 2 is 1.48 bits per heavy atom. The van der Waals surface area contributed by atoms with Gasteiger partial charge in [0, 0.05) is 31.5 Å². The van der Waals surface area contributed by atoms with Crippen molar-refractivity contribution in [2.75, 3.05) is 20.8 Å². The van der Waals surface area contributed by atoms with E-state index >= 15 is 0 Å². The molecule has 0 amide bonds. The number of hydrogen-bond acceptors (Lipinski definition) is 17. The highest BCUT2D eigenvalue weighted by Crippen LogP contribution is 2.43. The van der Waals surface area contributed by atoms with Gasteiger partial charge in [-0.05, 0) is 31.2 Å². The Kier molecular flexibility index (Phi) is 11.2. The van der Waals surface area contributed by atoms with E-state index in [1.165, 1.54) is 33.3 Å². The number of carbonyl (C=O) groups is 2. The number of methoxy groups -OCH3 is 2. The van der Waals surface area contributed by atoms with Gasteiger partial charge in [0.1, 0.15) is 53.0 Å². The number of rotatable bonds is 10. The van der Waals surface area contributed by atoms with E-state index < -0.39 is 91.1 Å². The van der Waals surface area contributed by atoms with Gasteiger partial charge in [-0.25, -0.2) is 0 Å². The molecule has 0 spiro atoms. The molecule has 2 fully saturated rings. The summed E-state index contributed by atoms with van der Waals surface area (Å²) in [5, 5.41) is 53.9. The summed E-state index contributed by atoms with van der Waals surface area (Å²) in [6.45, 7) is 3.14. The van der Waals surface area contributed by atoms with Gasteiger partial charge in [-0.15, -0.1) is 0 Å². The predicted octanol–water partition coefficient (Wildman–Crippen LogP) is 0.355. The van der Waals surface area contributed by atoms with Crippen LogP contribution in [-0.2, 0) is 33.3 Å². The molecule has 5 N–H and O–H groups in total. The summed E-state index contributed by atoms with van der Waals surface area (Å²) >= 11 is 0. The average molecular weight is 707 g/mol. The Labute approximate surface area is 284 Å². The van der Waals surface area contributed by atoms with E-state index in [0.29, 0.717) is 11.3 Å². The number of carbonyl (C=O) groups excluding carboxylic acids is 2. The summed E-state index contributed by atoms with van der Waals surface area (Å²) in [5.74, 6) is -2.00. The first-order chi connectivity index (χ1) is 23.7. The number of fused-ring (bicyclic) bond motifs is 1. The molecular formula is C33H38O17. The fourth-order valence-corrected chi connectivity index (χ4v) is 5.71. The van der Waals surface area contributed by atoms with Crippen molar-refractivity contribution in [3.63, 3.8) is 0 Å². The summed E-state index contributed by atoms with van der Waals surface area (Å²) in [7, 11) is 2.70. The van der Waals surface area contributed by atoms with Crippen LogP contribution in [0.1, 0.15) is 20.8 Å². The third kappa shape index (κ3) is 7.48. The Balaban J connectivity index is 1.39. The normalized spacial score (nSPS) is 29.6. The number of esters is 2. The SMILES string of the molecule is COc1ccc(-c2cc(=O)c3c(O)c(OC)c(O[C@@H]4O[C@H](CO[C@@H]5O[C@@H](C)[C@H](OC(C)=O)[C@@H](O)[C@H]5OC(C)=O)[C@@H](O)[C@H](O)[C@H]4O)cc3o2)cc1. The number of aliphatic hydroxyl groups excluding tert-OH is 4. The quantitative estimate of drug-likeness (QED) is 0.179. The van der Waals surface area contributed by atoms with Crippen molar-refractivity contribution >= 4 is 22.9 Å². The van der Waals surface area contributed by atoms with E-state index in [1.807, 2.05) is 0 Å². The molecule has 0 bridgehead atoms. The van der Waals surface area contributed by atoms with Crippen LogP contribution in [0.4, 0.5) is 0 Å². The molecule has 17 nitrogen and oxygen atoms in total. The van der Waals surface area contributed by atoms with Crippen LogP contribution in [0, 0.1) is 0 Å². The maximum Gasteiger partial charge on any atom is 0.303 e. The fourth-order valence-electron chi connectivity index (χ4n) is 5.71. The molecule has 0 unspecified atom stereocenters. The molecule has 10 atom stereocenters. The minimum Gasteiger partial charge on any atom is -0.504 e. The molecule has 272 valence electrons. The highest BCUT2D eigenvalue weighted by atomic mass is 16.7. The first-order valence-electron chi connectivity index (χ1n) is 15.4. The van der Waals surface area contributed by atoms with E-state index in [0.717, 1.165) is 13.8 Å². The molecule has 2 saturated heterocycles. The van der Waals surface area contributed by atoms with Gasteiger partial charge in [0.25, 0.3) is 0 Å². The number of benzene rings is 2. The number of hydrogen-bond donors (Lipinski definition) is 5. The van der Waals surface area contributed by atoms with Gasteiger partial charge < -0.3 is 67.8 Å². The van der Waals surface area contributed by atoms with Gasteiger partial charge in [-0.2, -0.15) is 0 Å². The number of ether oxygens (including phenoxy) is 8. The highest BCUT2D eigenvalue weighted by molar-refractivity contribution is 5.89. The monoisotopic (exact) mass is 706 g/mol. The lowest BCUT2D eigenvalue weighted by Gasteiger charge is -2.43. The van der Waals surface area contributed by atoms with Crippen LogP contribution in [0.2, 0.25) is 0 Å². The summed E-state index contributed by atoms with van der Waals surface area (Å²) in [4.78, 5) is 36.5. The molecule has 5 rings (SSSR count). The number of phenolic OH excluding ortho intramolecular Hbond substituents is 1. The number of aliphatic hydroxyl groups is 4. The van der Waals surface area contributed by atoms with Crippen molar-refractivity contribution in [3.05, 3.63) is 46.6 Å². The van der Waals surface area contributed by atoms with Crippen molar-refractivity contribution in [1.82, 2.24) is 0 Å². The van der Waals surface area contributed by atoms with Gasteiger partial charge in [0.05, 0.1) is 26.9 Å². The zero-order valence-electron chi connectivity index (χ0n) is 27.6. The molecule has 0 saturated carbocycles. The van der Waals surface area contributed by atoms with Crippen molar-refractivity contribution in [2.45, 2.75) is 82.2 Å². The molecule has 50 heavy (non-hydrogen) atoms. The third-order valence-corrected chi connectivity index (χ3v) is 8.18. The standard InChI is InChI=1S/C33H38O17/c1-13-29(46-14(2)34)28(41)31(47-15(3)35)33(45-13)44-12-22-24(37)26(39)27(40)32(50-22)49-21-11-20-23(25(38)30(21)43-5)18(36)10-19(48-20)16-6-8-17(42-4)9-7-16/h6-11,13,22,24,26-29,31-33,37-41H,12H2,1-5H3/t13-,22+,24+,26-,27+,28+,29-,31+,32+,33+/m0/s1. The van der Waals surface area contributed by atoms with Gasteiger partial charge in [0.15, 0.2) is 35.4 Å². The Bertz CT molecular complexity index is 1740. The summed E-state index contributed by atoms with van der Waals surface area (Å²) in [6.07, 6.45) is -15.2. The van der Waals surface area contributed by atoms with Crippen LogP contribution >= 0.6 is 0 Å². The van der Waals surface area contributed by atoms with Crippen molar-refractivity contribution in [2.24, 2.45) is 0 Å². The van der Waals surface area contributed by atoms with Crippen LogP contribution in [0.3, 0.4) is 0 Å². The molecule has 2 aliphatic heterocycles.